The van der Waals surface area contributed by atoms with Gasteiger partial charge in [-0.15, -0.1) is 0 Å². The second kappa shape index (κ2) is 4.14. The maximum Gasteiger partial charge on any atom is 0.0783 e. The summed E-state index contributed by atoms with van der Waals surface area (Å²) in [5.74, 6) is 0. The summed E-state index contributed by atoms with van der Waals surface area (Å²) in [6.07, 6.45) is 11.5. The first-order valence-corrected chi connectivity index (χ1v) is 7.05. The van der Waals surface area contributed by atoms with Crippen molar-refractivity contribution >= 4 is 5.69 Å². The first kappa shape index (κ1) is 10.6. The Morgan fingerprint density at radius 1 is 1.28 bits per heavy atom. The molecule has 4 heteroatoms. The molecule has 2 atom stereocenters. The molecule has 0 amide bonds. The van der Waals surface area contributed by atoms with Gasteiger partial charge in [-0.05, 0) is 31.9 Å². The molecule has 4 nitrogen and oxygen atoms in total. The minimum atomic E-state index is 0.671. The summed E-state index contributed by atoms with van der Waals surface area (Å²) in [5.41, 5.74) is 2.67. The van der Waals surface area contributed by atoms with Crippen molar-refractivity contribution in [3.05, 3.63) is 30.2 Å². The highest BCUT2D eigenvalue weighted by molar-refractivity contribution is 5.56. The molecule has 4 heterocycles. The Bertz CT molecular complexity index is 464. The summed E-state index contributed by atoms with van der Waals surface area (Å²) in [7, 11) is 0. The summed E-state index contributed by atoms with van der Waals surface area (Å²) < 4.78 is 0. The topological polar surface area (TPSA) is 34.3 Å². The van der Waals surface area contributed by atoms with E-state index in [4.69, 9.17) is 0 Å². The molecule has 0 radical (unpaired) electrons. The average Bonchev–Trinajstić information content (AvgIpc) is 3.05. The van der Waals surface area contributed by atoms with Crippen molar-refractivity contribution in [1.29, 1.82) is 0 Å². The lowest BCUT2D eigenvalue weighted by molar-refractivity contribution is 0.199. The summed E-state index contributed by atoms with van der Waals surface area (Å²) in [4.78, 5) is 3.35. The second-order valence-corrected chi connectivity index (χ2v) is 5.50. The smallest absolute Gasteiger partial charge is 0.0783 e. The van der Waals surface area contributed by atoms with Crippen LogP contribution < -0.4 is 10.3 Å². The number of piperidine rings is 1. The van der Waals surface area contributed by atoms with Crippen LogP contribution in [0.5, 0.6) is 0 Å². The molecule has 4 rings (SSSR count). The molecule has 0 aromatic carbocycles. The molecule has 1 aromatic rings. The molecule has 0 aliphatic carbocycles. The number of aromatic nitrogens is 1. The zero-order valence-electron chi connectivity index (χ0n) is 10.6. The molecule has 2 saturated heterocycles. The minimum Gasteiger partial charge on any atom is -0.363 e. The van der Waals surface area contributed by atoms with Crippen molar-refractivity contribution in [2.45, 2.75) is 37.8 Å². The van der Waals surface area contributed by atoms with Crippen LogP contribution in [0, 0.1) is 0 Å². The molecule has 96 valence electrons. The van der Waals surface area contributed by atoms with Crippen LogP contribution in [0.15, 0.2) is 24.5 Å². The predicted octanol–water partition coefficient (Wildman–Crippen LogP) is 1.63. The van der Waals surface area contributed by atoms with Crippen molar-refractivity contribution in [2.24, 2.45) is 0 Å². The highest BCUT2D eigenvalue weighted by atomic mass is 15.6. The molecule has 2 N–H and O–H groups in total. The number of anilines is 1. The van der Waals surface area contributed by atoms with Crippen LogP contribution in [0.4, 0.5) is 5.69 Å². The van der Waals surface area contributed by atoms with E-state index in [1.165, 1.54) is 37.2 Å². The molecule has 0 saturated carbocycles. The lowest BCUT2D eigenvalue weighted by Gasteiger charge is -2.39. The molecule has 2 fully saturated rings. The molecule has 3 aliphatic rings. The minimum absolute atomic E-state index is 0.671. The van der Waals surface area contributed by atoms with Gasteiger partial charge < -0.3 is 10.3 Å². The van der Waals surface area contributed by atoms with Gasteiger partial charge in [-0.25, -0.2) is 5.01 Å². The third-order valence-electron chi connectivity index (χ3n) is 4.50. The summed E-state index contributed by atoms with van der Waals surface area (Å²) in [5, 5.41) is 8.59. The van der Waals surface area contributed by atoms with Gasteiger partial charge in [0, 0.05) is 43.1 Å². The Morgan fingerprint density at radius 2 is 2.28 bits per heavy atom. The van der Waals surface area contributed by atoms with Crippen LogP contribution in [0.2, 0.25) is 0 Å². The summed E-state index contributed by atoms with van der Waals surface area (Å²) >= 11 is 0. The second-order valence-electron chi connectivity index (χ2n) is 5.50. The average molecular weight is 244 g/mol. The first-order valence-electron chi connectivity index (χ1n) is 7.05. The van der Waals surface area contributed by atoms with Crippen molar-refractivity contribution in [2.75, 3.05) is 18.1 Å². The van der Waals surface area contributed by atoms with Crippen molar-refractivity contribution < 1.29 is 0 Å². The number of H-pyrrole nitrogens is 1. The Morgan fingerprint density at radius 3 is 3.28 bits per heavy atom. The number of rotatable bonds is 1. The molecule has 18 heavy (non-hydrogen) atoms. The van der Waals surface area contributed by atoms with Crippen LogP contribution in [0.3, 0.4) is 0 Å². The third kappa shape index (κ3) is 1.52. The van der Waals surface area contributed by atoms with Crippen LogP contribution >= 0.6 is 0 Å². The summed E-state index contributed by atoms with van der Waals surface area (Å²) in [6.45, 7) is 2.36. The van der Waals surface area contributed by atoms with Gasteiger partial charge in [-0.1, -0.05) is 6.08 Å². The van der Waals surface area contributed by atoms with E-state index < -0.39 is 0 Å². The number of aromatic amines is 1. The van der Waals surface area contributed by atoms with E-state index in [1.807, 2.05) is 0 Å². The van der Waals surface area contributed by atoms with Crippen LogP contribution in [-0.2, 0) is 6.42 Å². The zero-order chi connectivity index (χ0) is 11.9. The van der Waals surface area contributed by atoms with Crippen molar-refractivity contribution in [1.82, 2.24) is 15.3 Å². The molecular formula is C14H20N4. The van der Waals surface area contributed by atoms with E-state index >= 15 is 0 Å². The Hall–Kier alpha value is -1.26. The van der Waals surface area contributed by atoms with E-state index in [9.17, 15) is 0 Å². The lowest BCUT2D eigenvalue weighted by atomic mass is 10.00. The number of allylic oxidation sites excluding steroid dienone is 1. The van der Waals surface area contributed by atoms with Gasteiger partial charge in [0.15, 0.2) is 0 Å². The van der Waals surface area contributed by atoms with E-state index in [0.29, 0.717) is 12.1 Å². The molecule has 3 aliphatic heterocycles. The normalized spacial score (nSPS) is 31.4. The standard InChI is InChI=1S/C14H20N4/c1-4-13-12(15-7-1)6-10-18(13)17-9-2-3-11-14(17)5-8-16-11/h2,5,8-9,12-13,15-16H,1,3-4,6-7,10H2/t12-,13-/m1/s1. The largest absolute Gasteiger partial charge is 0.363 e. The maximum absolute atomic E-state index is 3.67. The summed E-state index contributed by atoms with van der Waals surface area (Å²) in [6, 6.07) is 3.56. The molecule has 0 spiro atoms. The number of nitrogens with zero attached hydrogens (tertiary/aromatic N) is 2. The fourth-order valence-corrected chi connectivity index (χ4v) is 3.64. The SMILES string of the molecule is C1=CN(N2CC[C@H]3NCCC[C@H]32)c2cc[nH]c2C1. The highest BCUT2D eigenvalue weighted by Crippen LogP contribution is 2.33. The number of fused-ring (bicyclic) bond motifs is 2. The van der Waals surface area contributed by atoms with Crippen LogP contribution in [-0.4, -0.2) is 35.2 Å². The van der Waals surface area contributed by atoms with Gasteiger partial charge in [-0.2, -0.15) is 0 Å². The third-order valence-corrected chi connectivity index (χ3v) is 4.50. The Balaban J connectivity index is 1.63. The first-order chi connectivity index (χ1) is 8.93. The van der Waals surface area contributed by atoms with E-state index in [0.717, 1.165) is 13.0 Å². The van der Waals surface area contributed by atoms with Crippen molar-refractivity contribution in [3.8, 4) is 0 Å². The molecule has 1 aromatic heterocycles. The maximum atomic E-state index is 3.67. The number of nitrogens with one attached hydrogen (secondary N) is 2. The van der Waals surface area contributed by atoms with E-state index in [2.05, 4.69) is 44.9 Å². The van der Waals surface area contributed by atoms with E-state index in [1.54, 1.807) is 0 Å². The van der Waals surface area contributed by atoms with Crippen LogP contribution in [0.25, 0.3) is 0 Å². The van der Waals surface area contributed by atoms with Crippen molar-refractivity contribution in [3.63, 3.8) is 0 Å². The molecule has 0 unspecified atom stereocenters. The predicted molar refractivity (Wildman–Crippen MR) is 72.3 cm³/mol. The fourth-order valence-electron chi connectivity index (χ4n) is 3.64. The van der Waals surface area contributed by atoms with Crippen LogP contribution in [0.1, 0.15) is 25.0 Å². The monoisotopic (exact) mass is 244 g/mol. The quantitative estimate of drug-likeness (QED) is 0.788. The van der Waals surface area contributed by atoms with Gasteiger partial charge in [-0.3, -0.25) is 5.01 Å². The lowest BCUT2D eigenvalue weighted by Crippen LogP contribution is -2.51. The number of hydrogen-bond donors (Lipinski definition) is 2. The van der Waals surface area contributed by atoms with Gasteiger partial charge in [0.05, 0.1) is 5.69 Å². The van der Waals surface area contributed by atoms with Gasteiger partial charge >= 0.3 is 0 Å². The Kier molecular flexibility index (Phi) is 2.45. The van der Waals surface area contributed by atoms with Gasteiger partial charge in [0.1, 0.15) is 0 Å². The Labute approximate surface area is 108 Å². The highest BCUT2D eigenvalue weighted by Gasteiger charge is 2.39. The van der Waals surface area contributed by atoms with Gasteiger partial charge in [0.25, 0.3) is 0 Å². The van der Waals surface area contributed by atoms with Gasteiger partial charge in [0.2, 0.25) is 0 Å². The molecule has 0 bridgehead atoms. The number of hydrogen-bond acceptors (Lipinski definition) is 3. The fraction of sp³-hybridized carbons (Fsp3) is 0.571. The van der Waals surface area contributed by atoms with E-state index in [-0.39, 0.29) is 0 Å². The zero-order valence-corrected chi connectivity index (χ0v) is 10.6. The molecular weight excluding hydrogens is 224 g/mol. The number of hydrazine groups is 1.